The lowest BCUT2D eigenvalue weighted by molar-refractivity contribution is 0.302. The van der Waals surface area contributed by atoms with Crippen molar-refractivity contribution in [3.05, 3.63) is 64.5 Å². The summed E-state index contributed by atoms with van der Waals surface area (Å²) >= 11 is 0. The molecule has 3 N–H and O–H groups in total. The first-order valence-corrected chi connectivity index (χ1v) is 11.9. The number of benzene rings is 2. The fourth-order valence-electron chi connectivity index (χ4n) is 5.13. The van der Waals surface area contributed by atoms with Crippen LogP contribution >= 0.6 is 0 Å². The molecule has 1 aliphatic carbocycles. The Morgan fingerprint density at radius 2 is 1.84 bits per heavy atom. The second kappa shape index (κ2) is 9.43. The molecule has 1 saturated carbocycles. The Kier molecular flexibility index (Phi) is 6.23. The molecule has 168 valence electrons. The topological polar surface area (TPSA) is 76.5 Å². The van der Waals surface area contributed by atoms with Gasteiger partial charge in [0.15, 0.2) is 0 Å². The molecule has 6 nitrogen and oxygen atoms in total. The fourth-order valence-corrected chi connectivity index (χ4v) is 5.13. The van der Waals surface area contributed by atoms with Crippen LogP contribution in [0.1, 0.15) is 72.5 Å². The van der Waals surface area contributed by atoms with E-state index in [1.165, 1.54) is 48.8 Å². The van der Waals surface area contributed by atoms with Crippen LogP contribution in [0.4, 0.5) is 0 Å². The number of aliphatic hydroxyl groups is 1. The van der Waals surface area contributed by atoms with Crippen molar-refractivity contribution < 1.29 is 5.11 Å². The summed E-state index contributed by atoms with van der Waals surface area (Å²) < 4.78 is 0. The number of nitrogens with one attached hydrogen (secondary N) is 2. The molecule has 5 rings (SSSR count). The molecule has 0 bridgehead atoms. The standard InChI is InChI=1S/C26H33N5O/c1-31(17-26-28-24-13-21-15-27-16-22(21)14-25(24)29-26)30-23(11-12-32)20-9-7-19(8-10-20)18-5-3-2-4-6-18/h7-10,13-14,18,27,32H,2-6,11-12,15-17H2,1H3,(H,28,29)/b30-23+. The highest BCUT2D eigenvalue weighted by atomic mass is 16.3. The minimum Gasteiger partial charge on any atom is -0.396 e. The number of H-pyrrole nitrogens is 1. The minimum atomic E-state index is 0.0846. The predicted molar refractivity (Wildman–Crippen MR) is 129 cm³/mol. The molecule has 2 aromatic carbocycles. The molecule has 3 aromatic rings. The van der Waals surface area contributed by atoms with Crippen LogP contribution in [0, 0.1) is 0 Å². The summed E-state index contributed by atoms with van der Waals surface area (Å²) in [5.74, 6) is 1.60. The quantitative estimate of drug-likeness (QED) is 0.382. The molecule has 1 aliphatic heterocycles. The zero-order valence-electron chi connectivity index (χ0n) is 18.9. The van der Waals surface area contributed by atoms with Crippen molar-refractivity contribution in [3.8, 4) is 0 Å². The molecule has 1 fully saturated rings. The Balaban J connectivity index is 1.31. The van der Waals surface area contributed by atoms with Crippen molar-refractivity contribution in [1.29, 1.82) is 0 Å². The average molecular weight is 432 g/mol. The molecular formula is C26H33N5O. The summed E-state index contributed by atoms with van der Waals surface area (Å²) in [6.45, 7) is 2.52. The van der Waals surface area contributed by atoms with Crippen LogP contribution < -0.4 is 5.32 Å². The number of imidazole rings is 1. The Morgan fingerprint density at radius 1 is 1.09 bits per heavy atom. The number of hydrazone groups is 1. The van der Waals surface area contributed by atoms with Crippen molar-refractivity contribution in [3.63, 3.8) is 0 Å². The van der Waals surface area contributed by atoms with E-state index in [1.54, 1.807) is 0 Å². The SMILES string of the molecule is CN(Cc1nc2cc3c(cc2[nH]1)CNC3)/N=C(\CCO)c1ccc(C2CCCCC2)cc1. The van der Waals surface area contributed by atoms with Crippen molar-refractivity contribution in [1.82, 2.24) is 20.3 Å². The third kappa shape index (κ3) is 4.57. The van der Waals surface area contributed by atoms with Crippen LogP contribution in [-0.4, -0.2) is 39.4 Å². The maximum absolute atomic E-state index is 9.61. The number of hydrogen-bond acceptors (Lipinski definition) is 5. The van der Waals surface area contributed by atoms with Crippen LogP contribution in [0.3, 0.4) is 0 Å². The summed E-state index contributed by atoms with van der Waals surface area (Å²) in [7, 11) is 1.96. The van der Waals surface area contributed by atoms with Gasteiger partial charge in [0.1, 0.15) is 5.82 Å². The van der Waals surface area contributed by atoms with Gasteiger partial charge in [-0.1, -0.05) is 43.5 Å². The lowest BCUT2D eigenvalue weighted by Gasteiger charge is -2.22. The Hall–Kier alpha value is -2.70. The Labute approximate surface area is 189 Å². The molecule has 0 unspecified atom stereocenters. The van der Waals surface area contributed by atoms with Gasteiger partial charge in [0, 0.05) is 33.2 Å². The molecule has 0 atom stereocenters. The van der Waals surface area contributed by atoms with E-state index in [0.717, 1.165) is 41.2 Å². The van der Waals surface area contributed by atoms with Gasteiger partial charge >= 0.3 is 0 Å². The molecular weight excluding hydrogens is 398 g/mol. The number of aromatic nitrogens is 2. The lowest BCUT2D eigenvalue weighted by atomic mass is 9.84. The molecule has 0 spiro atoms. The van der Waals surface area contributed by atoms with Gasteiger partial charge in [-0.2, -0.15) is 5.10 Å². The second-order valence-electron chi connectivity index (χ2n) is 9.22. The van der Waals surface area contributed by atoms with Gasteiger partial charge < -0.3 is 15.4 Å². The molecule has 0 amide bonds. The Morgan fingerprint density at radius 3 is 2.59 bits per heavy atom. The third-order valence-electron chi connectivity index (χ3n) is 6.82. The monoisotopic (exact) mass is 431 g/mol. The number of hydrogen-bond donors (Lipinski definition) is 3. The maximum Gasteiger partial charge on any atom is 0.128 e. The zero-order chi connectivity index (χ0) is 21.9. The third-order valence-corrected chi connectivity index (χ3v) is 6.82. The van der Waals surface area contributed by atoms with Crippen LogP contribution in [-0.2, 0) is 19.6 Å². The van der Waals surface area contributed by atoms with Gasteiger partial charge in [-0.15, -0.1) is 0 Å². The first-order chi connectivity index (χ1) is 15.7. The van der Waals surface area contributed by atoms with E-state index in [0.29, 0.717) is 18.9 Å². The van der Waals surface area contributed by atoms with Crippen molar-refractivity contribution in [2.45, 2.75) is 64.1 Å². The first kappa shape index (κ1) is 21.2. The van der Waals surface area contributed by atoms with E-state index in [-0.39, 0.29) is 6.61 Å². The highest BCUT2D eigenvalue weighted by Gasteiger charge is 2.16. The summed E-state index contributed by atoms with van der Waals surface area (Å²) in [4.78, 5) is 8.22. The van der Waals surface area contributed by atoms with E-state index in [2.05, 4.69) is 46.7 Å². The van der Waals surface area contributed by atoms with E-state index < -0.39 is 0 Å². The van der Waals surface area contributed by atoms with Crippen LogP contribution in [0.15, 0.2) is 41.5 Å². The van der Waals surface area contributed by atoms with Gasteiger partial charge in [0.25, 0.3) is 0 Å². The second-order valence-corrected chi connectivity index (χ2v) is 9.22. The highest BCUT2D eigenvalue weighted by molar-refractivity contribution is 6.00. The van der Waals surface area contributed by atoms with E-state index in [1.807, 2.05) is 12.1 Å². The van der Waals surface area contributed by atoms with E-state index >= 15 is 0 Å². The van der Waals surface area contributed by atoms with E-state index in [9.17, 15) is 5.11 Å². The number of aromatic amines is 1. The van der Waals surface area contributed by atoms with Gasteiger partial charge in [0.05, 0.1) is 23.3 Å². The van der Waals surface area contributed by atoms with Crippen LogP contribution in [0.5, 0.6) is 0 Å². The Bertz CT molecular complexity index is 1050. The van der Waals surface area contributed by atoms with Crippen molar-refractivity contribution >= 4 is 16.7 Å². The highest BCUT2D eigenvalue weighted by Crippen LogP contribution is 2.32. The van der Waals surface area contributed by atoms with Gasteiger partial charge in [-0.25, -0.2) is 4.98 Å². The fraction of sp³-hybridized carbons (Fsp3) is 0.462. The number of fused-ring (bicyclic) bond motifs is 2. The molecule has 32 heavy (non-hydrogen) atoms. The van der Waals surface area contributed by atoms with Gasteiger partial charge in [-0.3, -0.25) is 5.01 Å². The molecule has 0 radical (unpaired) electrons. The smallest absolute Gasteiger partial charge is 0.128 e. The first-order valence-electron chi connectivity index (χ1n) is 11.9. The molecule has 2 aliphatic rings. The van der Waals surface area contributed by atoms with Gasteiger partial charge in [0.2, 0.25) is 0 Å². The number of rotatable bonds is 7. The van der Waals surface area contributed by atoms with E-state index in [4.69, 9.17) is 10.1 Å². The van der Waals surface area contributed by atoms with Crippen LogP contribution in [0.2, 0.25) is 0 Å². The molecule has 0 saturated heterocycles. The van der Waals surface area contributed by atoms with Gasteiger partial charge in [-0.05, 0) is 53.1 Å². The largest absolute Gasteiger partial charge is 0.396 e. The van der Waals surface area contributed by atoms with Crippen molar-refractivity contribution in [2.75, 3.05) is 13.7 Å². The van der Waals surface area contributed by atoms with Crippen LogP contribution in [0.25, 0.3) is 11.0 Å². The summed E-state index contributed by atoms with van der Waals surface area (Å²) in [5.41, 5.74) is 8.20. The zero-order valence-corrected chi connectivity index (χ0v) is 18.9. The predicted octanol–water partition coefficient (Wildman–Crippen LogP) is 4.43. The lowest BCUT2D eigenvalue weighted by Crippen LogP contribution is -2.16. The number of aliphatic hydroxyl groups excluding tert-OH is 1. The normalized spacial score (nSPS) is 17.1. The van der Waals surface area contributed by atoms with Crippen molar-refractivity contribution in [2.24, 2.45) is 5.10 Å². The summed E-state index contributed by atoms with van der Waals surface area (Å²) in [5, 5.41) is 19.7. The molecule has 6 heteroatoms. The molecule has 1 aromatic heterocycles. The summed E-state index contributed by atoms with van der Waals surface area (Å²) in [6.07, 6.45) is 7.20. The average Bonchev–Trinajstić information content (AvgIpc) is 3.43. The maximum atomic E-state index is 9.61. The number of nitrogens with zero attached hydrogens (tertiary/aromatic N) is 3. The molecule has 2 heterocycles. The minimum absolute atomic E-state index is 0.0846. The summed E-state index contributed by atoms with van der Waals surface area (Å²) in [6, 6.07) is 13.2.